The molecule has 0 bridgehead atoms. The molecule has 26 heavy (non-hydrogen) atoms. The van der Waals surface area contributed by atoms with E-state index in [9.17, 15) is 4.79 Å². The minimum absolute atomic E-state index is 0.122. The number of rotatable bonds is 5. The lowest BCUT2D eigenvalue weighted by Crippen LogP contribution is -2.32. The minimum Gasteiger partial charge on any atom is -0.362 e. The van der Waals surface area contributed by atoms with Crippen molar-refractivity contribution < 1.29 is 0 Å². The van der Waals surface area contributed by atoms with Gasteiger partial charge in [0.05, 0.1) is 11.4 Å². The minimum atomic E-state index is -0.122. The summed E-state index contributed by atoms with van der Waals surface area (Å²) in [6, 6.07) is 19.8. The molecule has 134 valence electrons. The molecule has 3 rings (SSSR count). The quantitative estimate of drug-likeness (QED) is 0.682. The van der Waals surface area contributed by atoms with E-state index >= 15 is 0 Å². The maximum Gasteiger partial charge on any atom is 0.295 e. The molecule has 5 nitrogen and oxygen atoms in total. The highest BCUT2D eigenvalue weighted by Crippen LogP contribution is 2.13. The molecule has 6 heteroatoms. The Hall–Kier alpha value is -2.86. The molecule has 0 atom stereocenters. The molecule has 3 aromatic rings. The zero-order chi connectivity index (χ0) is 18.5. The van der Waals surface area contributed by atoms with Crippen LogP contribution in [0.4, 0.5) is 5.69 Å². The molecule has 0 radical (unpaired) electrons. The molecule has 0 fully saturated rings. The number of anilines is 1. The van der Waals surface area contributed by atoms with Gasteiger partial charge in [-0.1, -0.05) is 48.5 Å². The van der Waals surface area contributed by atoms with Crippen LogP contribution in [0.3, 0.4) is 0 Å². The van der Waals surface area contributed by atoms with Crippen molar-refractivity contribution in [3.63, 3.8) is 0 Å². The van der Waals surface area contributed by atoms with Crippen LogP contribution < -0.4 is 16.2 Å². The summed E-state index contributed by atoms with van der Waals surface area (Å²) >= 11 is 5.36. The van der Waals surface area contributed by atoms with Gasteiger partial charge >= 0.3 is 0 Å². The second-order valence-electron chi connectivity index (χ2n) is 6.05. The first-order valence-electron chi connectivity index (χ1n) is 8.50. The number of hydrogen-bond donors (Lipinski definition) is 2. The Labute approximate surface area is 158 Å². The van der Waals surface area contributed by atoms with Gasteiger partial charge in [0.1, 0.15) is 5.69 Å². The van der Waals surface area contributed by atoms with Gasteiger partial charge < -0.3 is 10.6 Å². The van der Waals surface area contributed by atoms with Gasteiger partial charge in [0.2, 0.25) is 0 Å². The molecule has 0 saturated heterocycles. The first-order chi connectivity index (χ1) is 12.6. The van der Waals surface area contributed by atoms with E-state index in [0.717, 1.165) is 17.8 Å². The molecule has 1 heterocycles. The second kappa shape index (κ2) is 8.01. The van der Waals surface area contributed by atoms with Crippen LogP contribution in [0, 0.1) is 6.92 Å². The number of thiocarbonyl (C=S) groups is 1. The molecule has 0 saturated carbocycles. The van der Waals surface area contributed by atoms with Crippen molar-refractivity contribution in [1.82, 2.24) is 14.7 Å². The third-order valence-electron chi connectivity index (χ3n) is 4.33. The van der Waals surface area contributed by atoms with Crippen molar-refractivity contribution in [1.29, 1.82) is 0 Å². The molecule has 0 aliphatic rings. The van der Waals surface area contributed by atoms with E-state index in [4.69, 9.17) is 12.2 Å². The van der Waals surface area contributed by atoms with Crippen LogP contribution in [0.1, 0.15) is 11.3 Å². The van der Waals surface area contributed by atoms with E-state index in [1.54, 1.807) is 4.68 Å². The van der Waals surface area contributed by atoms with Crippen molar-refractivity contribution in [3.8, 4) is 5.69 Å². The summed E-state index contributed by atoms with van der Waals surface area (Å²) in [5.41, 5.74) is 3.26. The highest BCUT2D eigenvalue weighted by molar-refractivity contribution is 7.80. The summed E-state index contributed by atoms with van der Waals surface area (Å²) in [7, 11) is 1.86. The summed E-state index contributed by atoms with van der Waals surface area (Å²) in [6.07, 6.45) is 0.866. The highest BCUT2D eigenvalue weighted by Gasteiger charge is 2.16. The summed E-state index contributed by atoms with van der Waals surface area (Å²) in [5.74, 6) is 0. The van der Waals surface area contributed by atoms with E-state index in [1.807, 2.05) is 67.2 Å². The average molecular weight is 366 g/mol. The number of para-hydroxylation sites is 1. The van der Waals surface area contributed by atoms with Crippen molar-refractivity contribution in [2.75, 3.05) is 11.9 Å². The first-order valence-corrected chi connectivity index (χ1v) is 8.91. The molecule has 0 amide bonds. The third-order valence-corrected chi connectivity index (χ3v) is 4.58. The van der Waals surface area contributed by atoms with Gasteiger partial charge in [0.25, 0.3) is 5.56 Å². The Bertz CT molecular complexity index is 945. The monoisotopic (exact) mass is 366 g/mol. The van der Waals surface area contributed by atoms with Gasteiger partial charge in [-0.3, -0.25) is 9.48 Å². The smallest absolute Gasteiger partial charge is 0.295 e. The van der Waals surface area contributed by atoms with Crippen molar-refractivity contribution in [2.24, 2.45) is 7.05 Å². The van der Waals surface area contributed by atoms with Gasteiger partial charge in [-0.25, -0.2) is 4.68 Å². The maximum absolute atomic E-state index is 12.8. The molecule has 1 aromatic heterocycles. The molecular formula is C20H22N4OS. The average Bonchev–Trinajstić information content (AvgIpc) is 2.87. The summed E-state index contributed by atoms with van der Waals surface area (Å²) in [5, 5.41) is 6.68. The fraction of sp³-hybridized carbons (Fsp3) is 0.200. The summed E-state index contributed by atoms with van der Waals surface area (Å²) in [4.78, 5) is 12.8. The van der Waals surface area contributed by atoms with Crippen LogP contribution in [0.25, 0.3) is 5.69 Å². The zero-order valence-corrected chi connectivity index (χ0v) is 15.7. The Balaban J connectivity index is 1.70. The Morgan fingerprint density at radius 2 is 1.65 bits per heavy atom. The number of nitrogens with zero attached hydrogens (tertiary/aromatic N) is 2. The third kappa shape index (κ3) is 3.86. The lowest BCUT2D eigenvalue weighted by Gasteiger charge is -2.09. The lowest BCUT2D eigenvalue weighted by molar-refractivity contribution is 0.630. The van der Waals surface area contributed by atoms with Crippen molar-refractivity contribution in [3.05, 3.63) is 82.3 Å². The van der Waals surface area contributed by atoms with Gasteiger partial charge in [-0.05, 0) is 43.3 Å². The predicted octanol–water partition coefficient (Wildman–Crippen LogP) is 3.01. The Morgan fingerprint density at radius 3 is 2.31 bits per heavy atom. The van der Waals surface area contributed by atoms with E-state index in [1.165, 1.54) is 5.56 Å². The van der Waals surface area contributed by atoms with Gasteiger partial charge in [-0.2, -0.15) is 0 Å². The number of aromatic nitrogens is 2. The van der Waals surface area contributed by atoms with E-state index in [2.05, 4.69) is 22.8 Å². The molecule has 0 unspecified atom stereocenters. The van der Waals surface area contributed by atoms with Gasteiger partial charge in [0.15, 0.2) is 5.11 Å². The standard InChI is InChI=1S/C20H22N4OS/c1-15-18(19(25)24(23(15)2)17-11-7-4-8-12-17)22-20(26)21-14-13-16-9-5-3-6-10-16/h3-12H,13-14H2,1-2H3,(H2,21,22,26). The zero-order valence-electron chi connectivity index (χ0n) is 14.9. The van der Waals surface area contributed by atoms with Crippen LogP contribution in [0.15, 0.2) is 65.5 Å². The number of nitrogens with one attached hydrogen (secondary N) is 2. The van der Waals surface area contributed by atoms with E-state index < -0.39 is 0 Å². The fourth-order valence-corrected chi connectivity index (χ4v) is 3.04. The topological polar surface area (TPSA) is 51.0 Å². The second-order valence-corrected chi connectivity index (χ2v) is 6.46. The van der Waals surface area contributed by atoms with E-state index in [0.29, 0.717) is 17.3 Å². The van der Waals surface area contributed by atoms with Crippen LogP contribution >= 0.6 is 12.2 Å². The fourth-order valence-electron chi connectivity index (χ4n) is 2.84. The van der Waals surface area contributed by atoms with Crippen LogP contribution in [0.5, 0.6) is 0 Å². The van der Waals surface area contributed by atoms with E-state index in [-0.39, 0.29) is 5.56 Å². The molecule has 0 aliphatic heterocycles. The summed E-state index contributed by atoms with van der Waals surface area (Å²) in [6.45, 7) is 2.60. The van der Waals surface area contributed by atoms with Crippen molar-refractivity contribution in [2.45, 2.75) is 13.3 Å². The van der Waals surface area contributed by atoms with Gasteiger partial charge in [-0.15, -0.1) is 0 Å². The van der Waals surface area contributed by atoms with Crippen molar-refractivity contribution >= 4 is 23.0 Å². The first kappa shape index (κ1) is 17.9. The highest BCUT2D eigenvalue weighted by atomic mass is 32.1. The molecular weight excluding hydrogens is 344 g/mol. The van der Waals surface area contributed by atoms with Crippen LogP contribution in [0.2, 0.25) is 0 Å². The normalized spacial score (nSPS) is 10.5. The number of benzene rings is 2. The molecule has 2 N–H and O–H groups in total. The van der Waals surface area contributed by atoms with Gasteiger partial charge in [0, 0.05) is 13.6 Å². The summed E-state index contributed by atoms with van der Waals surface area (Å²) < 4.78 is 3.46. The Kier molecular flexibility index (Phi) is 5.53. The SMILES string of the molecule is Cc1c(NC(=S)NCCc2ccccc2)c(=O)n(-c2ccccc2)n1C. The van der Waals surface area contributed by atoms with Crippen LogP contribution in [-0.2, 0) is 13.5 Å². The Morgan fingerprint density at radius 1 is 1.04 bits per heavy atom. The molecule has 2 aromatic carbocycles. The predicted molar refractivity (Wildman–Crippen MR) is 110 cm³/mol. The number of hydrogen-bond acceptors (Lipinski definition) is 2. The van der Waals surface area contributed by atoms with Crippen LogP contribution in [-0.4, -0.2) is 21.0 Å². The lowest BCUT2D eigenvalue weighted by atomic mass is 10.1. The largest absolute Gasteiger partial charge is 0.362 e. The molecule has 0 aliphatic carbocycles. The molecule has 0 spiro atoms. The maximum atomic E-state index is 12.8.